The van der Waals surface area contributed by atoms with Crippen LogP contribution in [0.15, 0.2) is 59.3 Å². The monoisotopic (exact) mass is 317 g/mol. The first-order valence-electron chi connectivity index (χ1n) is 6.85. The number of hydrogen-bond acceptors (Lipinski definition) is 3. The van der Waals surface area contributed by atoms with Crippen LogP contribution in [0.1, 0.15) is 21.4 Å². The van der Waals surface area contributed by atoms with E-state index < -0.39 is 0 Å². The molecule has 1 atom stereocenters. The molecule has 0 spiro atoms. The Balaban J connectivity index is 1.69. The number of thiophene rings is 2. The molecule has 0 aliphatic heterocycles. The summed E-state index contributed by atoms with van der Waals surface area (Å²) < 4.78 is 12.9. The van der Waals surface area contributed by atoms with Gasteiger partial charge in [-0.05, 0) is 40.6 Å². The Morgan fingerprint density at radius 1 is 0.952 bits per heavy atom. The van der Waals surface area contributed by atoms with Gasteiger partial charge in [-0.15, -0.1) is 22.7 Å². The summed E-state index contributed by atoms with van der Waals surface area (Å²) in [5.74, 6) is -0.188. The first-order chi connectivity index (χ1) is 10.3. The van der Waals surface area contributed by atoms with Gasteiger partial charge < -0.3 is 5.32 Å². The SMILES string of the molecule is Fc1ccc(CNC(Cc2cccs2)c2cccs2)cc1. The van der Waals surface area contributed by atoms with Crippen LogP contribution >= 0.6 is 22.7 Å². The Morgan fingerprint density at radius 2 is 1.71 bits per heavy atom. The summed E-state index contributed by atoms with van der Waals surface area (Å²) in [7, 11) is 0. The molecular formula is C17H16FNS2. The van der Waals surface area contributed by atoms with Crippen molar-refractivity contribution >= 4 is 22.7 Å². The summed E-state index contributed by atoms with van der Waals surface area (Å²) in [4.78, 5) is 2.71. The Morgan fingerprint density at radius 3 is 2.38 bits per heavy atom. The fourth-order valence-corrected chi connectivity index (χ4v) is 3.79. The van der Waals surface area contributed by atoms with Crippen LogP contribution < -0.4 is 5.32 Å². The van der Waals surface area contributed by atoms with E-state index in [1.165, 1.54) is 21.9 Å². The standard InChI is InChI=1S/C17H16FNS2/c18-14-7-5-13(6-8-14)12-19-16(17-4-2-10-21-17)11-15-3-1-9-20-15/h1-10,16,19H,11-12H2. The zero-order chi connectivity index (χ0) is 14.5. The fourth-order valence-electron chi connectivity index (χ4n) is 2.24. The summed E-state index contributed by atoms with van der Waals surface area (Å²) in [6.45, 7) is 0.744. The third-order valence-corrected chi connectivity index (χ3v) is 5.22. The second kappa shape index (κ2) is 6.98. The minimum atomic E-state index is -0.188. The van der Waals surface area contributed by atoms with Gasteiger partial charge in [-0.1, -0.05) is 24.3 Å². The minimum absolute atomic E-state index is 0.188. The van der Waals surface area contributed by atoms with Crippen molar-refractivity contribution in [2.75, 3.05) is 0 Å². The van der Waals surface area contributed by atoms with Crippen LogP contribution in [0.5, 0.6) is 0 Å². The molecule has 2 aromatic heterocycles. The second-order valence-corrected chi connectivity index (χ2v) is 6.87. The Bertz CT molecular complexity index is 645. The van der Waals surface area contributed by atoms with E-state index in [0.29, 0.717) is 6.04 Å². The number of hydrogen-bond donors (Lipinski definition) is 1. The van der Waals surface area contributed by atoms with E-state index in [-0.39, 0.29) is 5.82 Å². The smallest absolute Gasteiger partial charge is 0.123 e. The molecule has 108 valence electrons. The molecule has 1 aromatic carbocycles. The molecule has 0 aliphatic rings. The van der Waals surface area contributed by atoms with E-state index in [1.807, 2.05) is 12.1 Å². The average Bonchev–Trinajstić information content (AvgIpc) is 3.18. The van der Waals surface area contributed by atoms with Crippen molar-refractivity contribution < 1.29 is 4.39 Å². The fraction of sp³-hybridized carbons (Fsp3) is 0.176. The molecule has 0 saturated heterocycles. The molecule has 1 nitrogen and oxygen atoms in total. The molecule has 2 heterocycles. The molecule has 0 amide bonds. The summed E-state index contributed by atoms with van der Waals surface area (Å²) in [5, 5.41) is 7.81. The lowest BCUT2D eigenvalue weighted by Gasteiger charge is -2.17. The van der Waals surface area contributed by atoms with E-state index in [4.69, 9.17) is 0 Å². The maximum atomic E-state index is 12.9. The first kappa shape index (κ1) is 14.4. The molecule has 0 radical (unpaired) electrons. The van der Waals surface area contributed by atoms with Crippen molar-refractivity contribution in [2.24, 2.45) is 0 Å². The number of benzene rings is 1. The van der Waals surface area contributed by atoms with E-state index in [1.54, 1.807) is 22.7 Å². The highest BCUT2D eigenvalue weighted by Crippen LogP contribution is 2.25. The largest absolute Gasteiger partial charge is 0.305 e. The summed E-state index contributed by atoms with van der Waals surface area (Å²) >= 11 is 3.56. The van der Waals surface area contributed by atoms with Gasteiger partial charge in [0.25, 0.3) is 0 Å². The molecule has 21 heavy (non-hydrogen) atoms. The van der Waals surface area contributed by atoms with E-state index in [0.717, 1.165) is 18.5 Å². The molecule has 4 heteroatoms. The quantitative estimate of drug-likeness (QED) is 0.673. The van der Waals surface area contributed by atoms with Crippen molar-refractivity contribution in [3.05, 3.63) is 80.4 Å². The number of rotatable bonds is 6. The van der Waals surface area contributed by atoms with Gasteiger partial charge in [0.1, 0.15) is 5.82 Å². The normalized spacial score (nSPS) is 12.4. The van der Waals surface area contributed by atoms with Gasteiger partial charge in [0, 0.05) is 28.8 Å². The van der Waals surface area contributed by atoms with Gasteiger partial charge in [0.2, 0.25) is 0 Å². The van der Waals surface area contributed by atoms with Crippen LogP contribution in [-0.2, 0) is 13.0 Å². The van der Waals surface area contributed by atoms with Gasteiger partial charge >= 0.3 is 0 Å². The first-order valence-corrected chi connectivity index (χ1v) is 8.61. The van der Waals surface area contributed by atoms with Crippen LogP contribution in [-0.4, -0.2) is 0 Å². The van der Waals surface area contributed by atoms with Crippen molar-refractivity contribution in [3.63, 3.8) is 0 Å². The van der Waals surface area contributed by atoms with Crippen LogP contribution in [0.2, 0.25) is 0 Å². The van der Waals surface area contributed by atoms with Crippen molar-refractivity contribution in [3.8, 4) is 0 Å². The molecule has 1 unspecified atom stereocenters. The molecule has 3 aromatic rings. The number of nitrogens with one attached hydrogen (secondary N) is 1. The van der Waals surface area contributed by atoms with Crippen LogP contribution in [0.3, 0.4) is 0 Å². The predicted molar refractivity (Wildman–Crippen MR) is 88.3 cm³/mol. The Kier molecular flexibility index (Phi) is 4.80. The van der Waals surface area contributed by atoms with E-state index in [9.17, 15) is 4.39 Å². The summed E-state index contributed by atoms with van der Waals surface area (Å²) in [6.07, 6.45) is 0.985. The van der Waals surface area contributed by atoms with Crippen LogP contribution in [0.4, 0.5) is 4.39 Å². The third-order valence-electron chi connectivity index (χ3n) is 3.34. The average molecular weight is 317 g/mol. The van der Waals surface area contributed by atoms with Gasteiger partial charge in [-0.2, -0.15) is 0 Å². The Labute approximate surface area is 132 Å². The topological polar surface area (TPSA) is 12.0 Å². The Hall–Kier alpha value is -1.49. The lowest BCUT2D eigenvalue weighted by atomic mass is 10.1. The zero-order valence-corrected chi connectivity index (χ0v) is 13.1. The summed E-state index contributed by atoms with van der Waals surface area (Å²) in [5.41, 5.74) is 1.10. The van der Waals surface area contributed by atoms with Gasteiger partial charge in [-0.3, -0.25) is 0 Å². The van der Waals surface area contributed by atoms with Crippen molar-refractivity contribution in [1.82, 2.24) is 5.32 Å². The summed E-state index contributed by atoms with van der Waals surface area (Å²) in [6, 6.07) is 15.5. The highest BCUT2D eigenvalue weighted by atomic mass is 32.1. The van der Waals surface area contributed by atoms with Crippen molar-refractivity contribution in [2.45, 2.75) is 19.0 Å². The van der Waals surface area contributed by atoms with Crippen LogP contribution in [0, 0.1) is 5.82 Å². The maximum Gasteiger partial charge on any atom is 0.123 e. The lowest BCUT2D eigenvalue weighted by Crippen LogP contribution is -2.21. The predicted octanol–water partition coefficient (Wildman–Crippen LogP) is 5.02. The van der Waals surface area contributed by atoms with Gasteiger partial charge in [0.15, 0.2) is 0 Å². The molecule has 0 saturated carbocycles. The van der Waals surface area contributed by atoms with Crippen molar-refractivity contribution in [1.29, 1.82) is 0 Å². The van der Waals surface area contributed by atoms with Gasteiger partial charge in [-0.25, -0.2) is 4.39 Å². The van der Waals surface area contributed by atoms with Gasteiger partial charge in [0.05, 0.1) is 0 Å². The maximum absolute atomic E-state index is 12.9. The molecule has 0 aliphatic carbocycles. The molecule has 0 fully saturated rings. The second-order valence-electron chi connectivity index (χ2n) is 4.86. The molecule has 3 rings (SSSR count). The molecule has 0 bridgehead atoms. The highest BCUT2D eigenvalue weighted by molar-refractivity contribution is 7.10. The van der Waals surface area contributed by atoms with Crippen LogP contribution in [0.25, 0.3) is 0 Å². The molecule has 1 N–H and O–H groups in total. The lowest BCUT2D eigenvalue weighted by molar-refractivity contribution is 0.540. The molecular weight excluding hydrogens is 301 g/mol. The van der Waals surface area contributed by atoms with E-state index in [2.05, 4.69) is 40.3 Å². The number of halogens is 1. The van der Waals surface area contributed by atoms with E-state index >= 15 is 0 Å². The minimum Gasteiger partial charge on any atom is -0.305 e. The third kappa shape index (κ3) is 4.00. The highest BCUT2D eigenvalue weighted by Gasteiger charge is 2.13. The zero-order valence-electron chi connectivity index (χ0n) is 11.5.